The Kier molecular flexibility index (Phi) is 10.0. The average Bonchev–Trinajstić information content (AvgIpc) is 2.86. The van der Waals surface area contributed by atoms with Crippen molar-refractivity contribution in [3.63, 3.8) is 0 Å². The number of hydrogen-bond donors (Lipinski definition) is 1. The van der Waals surface area contributed by atoms with Crippen LogP contribution in [0.1, 0.15) is 56.6 Å². The summed E-state index contributed by atoms with van der Waals surface area (Å²) in [6, 6.07) is 10.4. The number of fused-ring (bicyclic) bond motifs is 1. The van der Waals surface area contributed by atoms with Crippen molar-refractivity contribution in [2.75, 3.05) is 26.7 Å². The molecule has 1 amide bonds. The molecular formula is C28H37N3O2. The number of carbonyl (C=O) groups excluding carboxylic acids is 1. The van der Waals surface area contributed by atoms with Crippen molar-refractivity contribution in [1.29, 1.82) is 0 Å². The van der Waals surface area contributed by atoms with Crippen molar-refractivity contribution in [2.45, 2.75) is 51.9 Å². The molecule has 0 fully saturated rings. The van der Waals surface area contributed by atoms with Gasteiger partial charge in [-0.3, -0.25) is 4.79 Å². The zero-order valence-corrected chi connectivity index (χ0v) is 20.1. The Morgan fingerprint density at radius 3 is 2.73 bits per heavy atom. The first-order chi connectivity index (χ1) is 16.2. The van der Waals surface area contributed by atoms with Crippen LogP contribution in [0.4, 0.5) is 0 Å². The molecule has 0 saturated heterocycles. The van der Waals surface area contributed by atoms with E-state index >= 15 is 0 Å². The molecule has 33 heavy (non-hydrogen) atoms. The summed E-state index contributed by atoms with van der Waals surface area (Å²) in [5.74, 6) is 0.803. The summed E-state index contributed by atoms with van der Waals surface area (Å²) in [5.41, 5.74) is 2.34. The van der Waals surface area contributed by atoms with Gasteiger partial charge in [0.25, 0.3) is 0 Å². The Morgan fingerprint density at radius 1 is 1.15 bits per heavy atom. The van der Waals surface area contributed by atoms with E-state index in [1.165, 1.54) is 10.9 Å². The number of rotatable bonds is 13. The van der Waals surface area contributed by atoms with Crippen molar-refractivity contribution in [2.24, 2.45) is 4.99 Å². The summed E-state index contributed by atoms with van der Waals surface area (Å²) < 4.78 is 5.64. The maximum atomic E-state index is 12.4. The van der Waals surface area contributed by atoms with E-state index in [0.717, 1.165) is 74.7 Å². The third kappa shape index (κ3) is 7.48. The predicted octanol–water partition coefficient (Wildman–Crippen LogP) is 5.74. The van der Waals surface area contributed by atoms with Gasteiger partial charge in [-0.15, -0.1) is 0 Å². The van der Waals surface area contributed by atoms with Crippen molar-refractivity contribution in [3.8, 4) is 5.75 Å². The van der Waals surface area contributed by atoms with E-state index in [1.807, 2.05) is 24.7 Å². The fourth-order valence-corrected chi connectivity index (χ4v) is 4.17. The van der Waals surface area contributed by atoms with Crippen LogP contribution < -0.4 is 10.1 Å². The van der Waals surface area contributed by atoms with Crippen LogP contribution in [0.25, 0.3) is 16.8 Å². The predicted molar refractivity (Wildman–Crippen MR) is 139 cm³/mol. The Morgan fingerprint density at radius 2 is 1.97 bits per heavy atom. The molecule has 2 aromatic rings. The largest absolute Gasteiger partial charge is 0.496 e. The Bertz CT molecular complexity index is 994. The van der Waals surface area contributed by atoms with Crippen LogP contribution in [0.5, 0.6) is 5.75 Å². The molecule has 0 aromatic heterocycles. The second-order valence-corrected chi connectivity index (χ2v) is 8.48. The summed E-state index contributed by atoms with van der Waals surface area (Å²) in [4.78, 5) is 18.8. The van der Waals surface area contributed by atoms with Crippen LogP contribution >= 0.6 is 0 Å². The first-order valence-corrected chi connectivity index (χ1v) is 12.2. The molecule has 2 aromatic carbocycles. The van der Waals surface area contributed by atoms with Crippen LogP contribution in [0.15, 0.2) is 53.7 Å². The highest BCUT2D eigenvalue weighted by atomic mass is 16.5. The zero-order chi connectivity index (χ0) is 23.3. The van der Waals surface area contributed by atoms with Gasteiger partial charge in [-0.25, -0.2) is 4.99 Å². The van der Waals surface area contributed by atoms with E-state index in [1.54, 1.807) is 13.2 Å². The molecule has 0 radical (unpaired) electrons. The molecule has 0 spiro atoms. The number of nitrogens with zero attached hydrogens (tertiary/aromatic N) is 2. The normalized spacial score (nSPS) is 13.2. The lowest BCUT2D eigenvalue weighted by atomic mass is 9.94. The Hall–Kier alpha value is -3.08. The monoisotopic (exact) mass is 447 g/mol. The van der Waals surface area contributed by atoms with Gasteiger partial charge in [0, 0.05) is 37.3 Å². The SMILES string of the molecule is CCCCc1c(C=CC(=O)NCCCCCCN2C=NC=CC2)cc(OC)c2ccccc12. The molecular weight excluding hydrogens is 410 g/mol. The smallest absolute Gasteiger partial charge is 0.243 e. The van der Waals surface area contributed by atoms with Crippen molar-refractivity contribution >= 4 is 29.1 Å². The maximum absolute atomic E-state index is 12.4. The molecule has 5 nitrogen and oxygen atoms in total. The molecule has 0 bridgehead atoms. The van der Waals surface area contributed by atoms with Gasteiger partial charge in [0.1, 0.15) is 5.75 Å². The molecule has 3 rings (SSSR count). The molecule has 1 aliphatic rings. The standard InChI is InChI=1S/C28H37N3O2/c1-3-4-12-24-23(21-27(33-2)26-14-8-7-13-25(24)26)15-16-28(32)30-18-9-5-6-10-19-31-20-11-17-29-22-31/h7-8,11,13-17,21-22H,3-6,9-10,12,18-20H2,1-2H3,(H,30,32). The van der Waals surface area contributed by atoms with E-state index in [4.69, 9.17) is 4.74 Å². The van der Waals surface area contributed by atoms with E-state index in [-0.39, 0.29) is 5.91 Å². The second-order valence-electron chi connectivity index (χ2n) is 8.48. The first kappa shape index (κ1) is 24.6. The van der Waals surface area contributed by atoms with E-state index in [9.17, 15) is 4.79 Å². The van der Waals surface area contributed by atoms with Crippen molar-refractivity contribution in [3.05, 3.63) is 59.8 Å². The molecule has 5 heteroatoms. The van der Waals surface area contributed by atoms with Crippen molar-refractivity contribution < 1.29 is 9.53 Å². The van der Waals surface area contributed by atoms with Crippen LogP contribution in [0.2, 0.25) is 0 Å². The molecule has 0 unspecified atom stereocenters. The van der Waals surface area contributed by atoms with Gasteiger partial charge in [-0.1, -0.05) is 50.5 Å². The van der Waals surface area contributed by atoms with Gasteiger partial charge < -0.3 is 15.0 Å². The average molecular weight is 448 g/mol. The zero-order valence-electron chi connectivity index (χ0n) is 20.1. The van der Waals surface area contributed by atoms with Crippen LogP contribution in [-0.4, -0.2) is 43.9 Å². The number of benzene rings is 2. The number of amides is 1. The summed E-state index contributed by atoms with van der Waals surface area (Å²) in [7, 11) is 1.70. The van der Waals surface area contributed by atoms with Crippen LogP contribution in [-0.2, 0) is 11.2 Å². The van der Waals surface area contributed by atoms with Gasteiger partial charge in [0.2, 0.25) is 5.91 Å². The summed E-state index contributed by atoms with van der Waals surface area (Å²) >= 11 is 0. The minimum absolute atomic E-state index is 0.0418. The van der Waals surface area contributed by atoms with Gasteiger partial charge in [-0.2, -0.15) is 0 Å². The van der Waals surface area contributed by atoms with Crippen LogP contribution in [0, 0.1) is 0 Å². The molecule has 0 atom stereocenters. The highest BCUT2D eigenvalue weighted by molar-refractivity contribution is 5.96. The third-order valence-electron chi connectivity index (χ3n) is 6.00. The fraction of sp³-hybridized carbons (Fsp3) is 0.429. The molecule has 176 valence electrons. The second kappa shape index (κ2) is 13.5. The molecule has 1 N–H and O–H groups in total. The molecule has 1 heterocycles. The van der Waals surface area contributed by atoms with E-state index in [2.05, 4.69) is 52.5 Å². The highest BCUT2D eigenvalue weighted by Gasteiger charge is 2.11. The third-order valence-corrected chi connectivity index (χ3v) is 6.00. The first-order valence-electron chi connectivity index (χ1n) is 12.2. The number of hydrogen-bond acceptors (Lipinski definition) is 4. The van der Waals surface area contributed by atoms with E-state index < -0.39 is 0 Å². The number of ether oxygens (including phenoxy) is 1. The molecule has 0 aliphatic carbocycles. The summed E-state index contributed by atoms with van der Waals surface area (Å²) in [6.07, 6.45) is 17.1. The lowest BCUT2D eigenvalue weighted by Crippen LogP contribution is -2.25. The summed E-state index contributed by atoms with van der Waals surface area (Å²) in [5, 5.41) is 5.35. The number of nitrogens with one attached hydrogen (secondary N) is 1. The number of aliphatic imine (C=N–C) groups is 1. The number of carbonyl (C=O) groups is 1. The lowest BCUT2D eigenvalue weighted by Gasteiger charge is -2.18. The summed E-state index contributed by atoms with van der Waals surface area (Å²) in [6.45, 7) is 4.91. The van der Waals surface area contributed by atoms with Gasteiger partial charge >= 0.3 is 0 Å². The van der Waals surface area contributed by atoms with Gasteiger partial charge in [0.05, 0.1) is 13.4 Å². The van der Waals surface area contributed by atoms with Crippen LogP contribution in [0.3, 0.4) is 0 Å². The Labute approximate surface area is 198 Å². The van der Waals surface area contributed by atoms with Gasteiger partial charge in [0.15, 0.2) is 0 Å². The quantitative estimate of drug-likeness (QED) is 0.315. The fourth-order valence-electron chi connectivity index (χ4n) is 4.17. The van der Waals surface area contributed by atoms with E-state index in [0.29, 0.717) is 6.54 Å². The number of aryl methyl sites for hydroxylation is 1. The minimum Gasteiger partial charge on any atom is -0.496 e. The van der Waals surface area contributed by atoms with Crippen molar-refractivity contribution in [1.82, 2.24) is 10.2 Å². The minimum atomic E-state index is -0.0418. The Balaban J connectivity index is 1.49. The topological polar surface area (TPSA) is 53.9 Å². The highest BCUT2D eigenvalue weighted by Crippen LogP contribution is 2.33. The molecule has 0 saturated carbocycles. The lowest BCUT2D eigenvalue weighted by molar-refractivity contribution is -0.116. The molecule has 1 aliphatic heterocycles. The maximum Gasteiger partial charge on any atom is 0.243 e. The number of methoxy groups -OCH3 is 1. The van der Waals surface area contributed by atoms with Gasteiger partial charge in [-0.05, 0) is 60.4 Å². The number of unbranched alkanes of at least 4 members (excludes halogenated alkanes) is 4.